The van der Waals surface area contributed by atoms with Crippen LogP contribution >= 0.6 is 27.3 Å². The van der Waals surface area contributed by atoms with Gasteiger partial charge in [0.15, 0.2) is 0 Å². The summed E-state index contributed by atoms with van der Waals surface area (Å²) in [6, 6.07) is 7.83. The monoisotopic (exact) mass is 308 g/mol. The maximum absolute atomic E-state index is 5.88. The summed E-state index contributed by atoms with van der Waals surface area (Å²) < 4.78 is 3.83. The quantitative estimate of drug-likeness (QED) is 0.751. The third-order valence-corrected chi connectivity index (χ3v) is 3.87. The fourth-order valence-corrected chi connectivity index (χ4v) is 3.14. The molecule has 0 saturated heterocycles. The SMILES string of the molecule is Cc1cc(N)n(-c2nc3ccc(Br)cc3s2)n1. The summed E-state index contributed by atoms with van der Waals surface area (Å²) in [5, 5.41) is 5.12. The predicted molar refractivity (Wildman–Crippen MR) is 73.6 cm³/mol. The van der Waals surface area contributed by atoms with Gasteiger partial charge in [-0.25, -0.2) is 4.98 Å². The number of thiazole rings is 1. The average Bonchev–Trinajstić information content (AvgIpc) is 2.80. The fraction of sp³-hybridized carbons (Fsp3) is 0.0909. The Morgan fingerprint density at radius 1 is 1.35 bits per heavy atom. The Labute approximate surface area is 110 Å². The third kappa shape index (κ3) is 1.83. The van der Waals surface area contributed by atoms with Crippen LogP contribution in [0.3, 0.4) is 0 Å². The van der Waals surface area contributed by atoms with E-state index in [-0.39, 0.29) is 0 Å². The Morgan fingerprint density at radius 2 is 2.18 bits per heavy atom. The molecule has 2 heterocycles. The van der Waals surface area contributed by atoms with Crippen molar-refractivity contribution in [2.24, 2.45) is 0 Å². The Balaban J connectivity index is 2.21. The molecule has 86 valence electrons. The summed E-state index contributed by atoms with van der Waals surface area (Å²) in [6.07, 6.45) is 0. The van der Waals surface area contributed by atoms with Crippen molar-refractivity contribution in [3.63, 3.8) is 0 Å². The Kier molecular flexibility index (Phi) is 2.41. The lowest BCUT2D eigenvalue weighted by Gasteiger charge is -1.96. The number of hydrogen-bond acceptors (Lipinski definition) is 4. The molecular weight excluding hydrogens is 300 g/mol. The molecule has 2 N–H and O–H groups in total. The molecule has 0 fully saturated rings. The van der Waals surface area contributed by atoms with E-state index in [0.717, 1.165) is 25.5 Å². The van der Waals surface area contributed by atoms with E-state index in [0.29, 0.717) is 5.82 Å². The summed E-state index contributed by atoms with van der Waals surface area (Å²) in [5.74, 6) is 0.612. The minimum Gasteiger partial charge on any atom is -0.383 e. The maximum atomic E-state index is 5.88. The highest BCUT2D eigenvalue weighted by Gasteiger charge is 2.10. The van der Waals surface area contributed by atoms with Gasteiger partial charge in [-0.05, 0) is 25.1 Å². The number of halogens is 1. The number of anilines is 1. The number of hydrogen-bond donors (Lipinski definition) is 1. The van der Waals surface area contributed by atoms with E-state index in [1.165, 1.54) is 0 Å². The predicted octanol–water partition coefficient (Wildman–Crippen LogP) is 3.14. The normalized spacial score (nSPS) is 11.2. The second kappa shape index (κ2) is 3.82. The van der Waals surface area contributed by atoms with Crippen LogP contribution in [0.5, 0.6) is 0 Å². The lowest BCUT2D eigenvalue weighted by molar-refractivity contribution is 0.865. The summed E-state index contributed by atoms with van der Waals surface area (Å²) in [4.78, 5) is 4.52. The number of nitrogen functional groups attached to an aromatic ring is 1. The molecule has 0 unspecified atom stereocenters. The van der Waals surface area contributed by atoms with Gasteiger partial charge in [-0.2, -0.15) is 9.78 Å². The minimum atomic E-state index is 0.612. The first kappa shape index (κ1) is 10.7. The molecule has 0 aliphatic heterocycles. The van der Waals surface area contributed by atoms with Crippen LogP contribution in [-0.4, -0.2) is 14.8 Å². The molecule has 0 spiro atoms. The number of fused-ring (bicyclic) bond motifs is 1. The average molecular weight is 309 g/mol. The minimum absolute atomic E-state index is 0.612. The van der Waals surface area contributed by atoms with E-state index in [4.69, 9.17) is 5.73 Å². The van der Waals surface area contributed by atoms with Crippen LogP contribution in [-0.2, 0) is 0 Å². The molecule has 0 bridgehead atoms. The van der Waals surface area contributed by atoms with Crippen LogP contribution in [0, 0.1) is 6.92 Å². The molecule has 0 radical (unpaired) electrons. The van der Waals surface area contributed by atoms with E-state index < -0.39 is 0 Å². The van der Waals surface area contributed by atoms with Crippen molar-refractivity contribution in [2.45, 2.75) is 6.92 Å². The molecule has 0 aliphatic carbocycles. The second-order valence-corrected chi connectivity index (χ2v) is 5.66. The third-order valence-electron chi connectivity index (χ3n) is 2.38. The van der Waals surface area contributed by atoms with Crippen molar-refractivity contribution in [1.29, 1.82) is 0 Å². The van der Waals surface area contributed by atoms with Gasteiger partial charge in [0, 0.05) is 10.5 Å². The first-order valence-corrected chi connectivity index (χ1v) is 6.63. The number of aryl methyl sites for hydroxylation is 1. The molecule has 2 aromatic heterocycles. The van der Waals surface area contributed by atoms with Crippen molar-refractivity contribution in [3.05, 3.63) is 34.4 Å². The smallest absolute Gasteiger partial charge is 0.213 e. The second-order valence-electron chi connectivity index (χ2n) is 3.73. The topological polar surface area (TPSA) is 56.7 Å². The van der Waals surface area contributed by atoms with Crippen molar-refractivity contribution in [1.82, 2.24) is 14.8 Å². The Morgan fingerprint density at radius 3 is 2.88 bits per heavy atom. The van der Waals surface area contributed by atoms with Gasteiger partial charge in [0.2, 0.25) is 5.13 Å². The maximum Gasteiger partial charge on any atom is 0.213 e. The van der Waals surface area contributed by atoms with Crippen molar-refractivity contribution < 1.29 is 0 Å². The van der Waals surface area contributed by atoms with Crippen molar-refractivity contribution >= 4 is 43.3 Å². The molecule has 6 heteroatoms. The van der Waals surface area contributed by atoms with Gasteiger partial charge in [-0.15, -0.1) is 0 Å². The molecule has 17 heavy (non-hydrogen) atoms. The van der Waals surface area contributed by atoms with E-state index in [9.17, 15) is 0 Å². The van der Waals surface area contributed by atoms with Crippen LogP contribution < -0.4 is 5.73 Å². The summed E-state index contributed by atoms with van der Waals surface area (Å²) >= 11 is 5.02. The molecular formula is C11H9BrN4S. The first-order chi connectivity index (χ1) is 8.13. The Hall–Kier alpha value is -1.40. The van der Waals surface area contributed by atoms with Gasteiger partial charge in [-0.3, -0.25) is 0 Å². The number of aromatic nitrogens is 3. The lowest BCUT2D eigenvalue weighted by atomic mass is 10.3. The molecule has 3 rings (SSSR count). The van der Waals surface area contributed by atoms with Gasteiger partial charge < -0.3 is 5.73 Å². The standard InChI is InChI=1S/C11H9BrN4S/c1-6-4-10(13)16(15-6)11-14-8-3-2-7(12)5-9(8)17-11/h2-5H,13H2,1H3. The molecule has 0 amide bonds. The molecule has 0 aliphatic rings. The highest BCUT2D eigenvalue weighted by Crippen LogP contribution is 2.28. The van der Waals surface area contributed by atoms with Gasteiger partial charge in [0.25, 0.3) is 0 Å². The number of nitrogens with zero attached hydrogens (tertiary/aromatic N) is 3. The van der Waals surface area contributed by atoms with Crippen LogP contribution in [0.15, 0.2) is 28.7 Å². The lowest BCUT2D eigenvalue weighted by Crippen LogP contribution is -2.00. The van der Waals surface area contributed by atoms with Gasteiger partial charge >= 0.3 is 0 Å². The number of nitrogens with two attached hydrogens (primary N) is 1. The van der Waals surface area contributed by atoms with Crippen molar-refractivity contribution in [2.75, 3.05) is 5.73 Å². The van der Waals surface area contributed by atoms with Gasteiger partial charge in [0.1, 0.15) is 5.82 Å². The van der Waals surface area contributed by atoms with Crippen LogP contribution in [0.2, 0.25) is 0 Å². The summed E-state index contributed by atoms with van der Waals surface area (Å²) in [6.45, 7) is 1.91. The zero-order valence-corrected chi connectivity index (χ0v) is 11.4. The largest absolute Gasteiger partial charge is 0.383 e. The summed E-state index contributed by atoms with van der Waals surface area (Å²) in [5.41, 5.74) is 7.73. The van der Waals surface area contributed by atoms with Crippen LogP contribution in [0.4, 0.5) is 5.82 Å². The molecule has 0 atom stereocenters. The molecule has 0 saturated carbocycles. The fourth-order valence-electron chi connectivity index (χ4n) is 1.65. The summed E-state index contributed by atoms with van der Waals surface area (Å²) in [7, 11) is 0. The Bertz CT molecular complexity index is 701. The van der Waals surface area contributed by atoms with E-state index in [1.54, 1.807) is 16.0 Å². The van der Waals surface area contributed by atoms with Crippen LogP contribution in [0.1, 0.15) is 5.69 Å². The zero-order valence-electron chi connectivity index (χ0n) is 9.01. The molecule has 1 aromatic carbocycles. The number of rotatable bonds is 1. The van der Waals surface area contributed by atoms with Crippen LogP contribution in [0.25, 0.3) is 15.3 Å². The van der Waals surface area contributed by atoms with E-state index in [2.05, 4.69) is 26.0 Å². The highest BCUT2D eigenvalue weighted by atomic mass is 79.9. The zero-order chi connectivity index (χ0) is 12.0. The highest BCUT2D eigenvalue weighted by molar-refractivity contribution is 9.10. The number of benzene rings is 1. The van der Waals surface area contributed by atoms with E-state index in [1.807, 2.05) is 31.2 Å². The molecule has 3 aromatic rings. The first-order valence-electron chi connectivity index (χ1n) is 5.02. The molecule has 4 nitrogen and oxygen atoms in total. The van der Waals surface area contributed by atoms with Gasteiger partial charge in [0.05, 0.1) is 15.9 Å². The van der Waals surface area contributed by atoms with Gasteiger partial charge in [-0.1, -0.05) is 27.3 Å². The van der Waals surface area contributed by atoms with Crippen molar-refractivity contribution in [3.8, 4) is 5.13 Å². The van der Waals surface area contributed by atoms with E-state index >= 15 is 0 Å².